The third kappa shape index (κ3) is 31.3. The molecule has 1 aliphatic heterocycles. The monoisotopic (exact) mass is 857 g/mol. The Bertz CT molecular complexity index is 1260. The molecule has 0 radical (unpaired) electrons. The lowest BCUT2D eigenvalue weighted by molar-refractivity contribution is -0.301. The van der Waals surface area contributed by atoms with E-state index in [0.717, 1.165) is 77.0 Å². The number of carbonyl (C=O) groups excluding carboxylic acids is 1. The van der Waals surface area contributed by atoms with Crippen molar-refractivity contribution in [1.82, 2.24) is 0 Å². The molecule has 1 saturated heterocycles. The summed E-state index contributed by atoms with van der Waals surface area (Å²) < 4.78 is 58.9. The molecule has 6 unspecified atom stereocenters. The van der Waals surface area contributed by atoms with Gasteiger partial charge in [-0.3, -0.25) is 9.35 Å². The molecule has 0 spiro atoms. The zero-order chi connectivity index (χ0) is 43.2. The van der Waals surface area contributed by atoms with Crippen molar-refractivity contribution in [1.29, 1.82) is 0 Å². The highest BCUT2D eigenvalue weighted by Gasteiger charge is 2.48. The Morgan fingerprint density at radius 1 is 0.661 bits per heavy atom. The summed E-state index contributed by atoms with van der Waals surface area (Å²) in [4.78, 5) is 12.7. The van der Waals surface area contributed by atoms with Gasteiger partial charge in [0, 0.05) is 13.0 Å². The summed E-state index contributed by atoms with van der Waals surface area (Å²) in [7, 11) is -5.06. The number of carbonyl (C=O) groups is 1. The molecule has 1 heterocycles. The molecule has 1 aliphatic rings. The summed E-state index contributed by atoms with van der Waals surface area (Å²) in [5, 5.41) is 30.6. The Labute approximate surface area is 357 Å². The van der Waals surface area contributed by atoms with E-state index >= 15 is 0 Å². The highest BCUT2D eigenvalue weighted by molar-refractivity contribution is 7.80. The van der Waals surface area contributed by atoms with Gasteiger partial charge in [0.05, 0.1) is 19.8 Å². The minimum atomic E-state index is -5.06. The van der Waals surface area contributed by atoms with Crippen molar-refractivity contribution in [2.75, 3.05) is 26.4 Å². The molecule has 0 aromatic rings. The summed E-state index contributed by atoms with van der Waals surface area (Å²) in [5.74, 6) is -0.410. The van der Waals surface area contributed by atoms with E-state index in [-0.39, 0.29) is 19.6 Å². The van der Waals surface area contributed by atoms with Gasteiger partial charge in [-0.2, -0.15) is 8.42 Å². The van der Waals surface area contributed by atoms with Crippen LogP contribution in [0, 0.1) is 0 Å². The van der Waals surface area contributed by atoms with Crippen LogP contribution in [0.3, 0.4) is 0 Å². The van der Waals surface area contributed by atoms with Gasteiger partial charge >= 0.3 is 16.4 Å². The maximum absolute atomic E-state index is 12.7. The quantitative estimate of drug-likeness (QED) is 0.0201. The molecule has 0 saturated carbocycles. The third-order valence-electron chi connectivity index (χ3n) is 9.90. The van der Waals surface area contributed by atoms with E-state index in [4.69, 9.17) is 23.5 Å². The molecule has 1 fully saturated rings. The molecule has 12 nitrogen and oxygen atoms in total. The Kier molecular flexibility index (Phi) is 34.9. The van der Waals surface area contributed by atoms with Crippen LogP contribution in [0.2, 0.25) is 0 Å². The molecular formula is C46H80O12S. The van der Waals surface area contributed by atoms with Crippen molar-refractivity contribution >= 4 is 16.4 Å². The van der Waals surface area contributed by atoms with Crippen molar-refractivity contribution in [2.24, 2.45) is 0 Å². The molecule has 4 N–H and O–H groups in total. The highest BCUT2D eigenvalue weighted by atomic mass is 32.3. The molecule has 0 aliphatic carbocycles. The van der Waals surface area contributed by atoms with Crippen LogP contribution in [-0.4, -0.2) is 97.5 Å². The van der Waals surface area contributed by atoms with Gasteiger partial charge in [-0.15, -0.1) is 0 Å². The summed E-state index contributed by atoms with van der Waals surface area (Å²) >= 11 is 0. The van der Waals surface area contributed by atoms with Crippen LogP contribution in [-0.2, 0) is 38.3 Å². The second-order valence-corrected chi connectivity index (χ2v) is 16.3. The SMILES string of the molecule is CC/C=C\C/C=C\C/C=C\C/C=C\C/C=C\CCCCCCCCCCOCC(COC1OC(CO)C(O)C(OS(=O)(=O)O)C1O)OC(=O)CCCCCCCCCC. The fourth-order valence-corrected chi connectivity index (χ4v) is 7.03. The molecule has 0 aromatic heterocycles. The number of hydrogen-bond acceptors (Lipinski definition) is 11. The standard InChI is InChI=1S/C46H80O12S/c1-3-5-7-9-11-13-14-15-16-17-18-19-20-21-22-23-24-25-26-27-28-30-32-34-36-54-38-40(56-42(48)35-33-31-29-12-10-8-6-4-2)39-55-46-44(50)45(58-59(51,52)53)43(49)41(37-47)57-46/h5,7,11,13,15-16,18-19,21-22,40-41,43-47,49-50H,3-4,6,8-10,12,14,17,20,23-39H2,1-2H3,(H,51,52,53)/b7-5-,13-11-,16-15-,19-18-,22-21-. The molecule has 13 heteroatoms. The Morgan fingerprint density at radius 3 is 1.71 bits per heavy atom. The highest BCUT2D eigenvalue weighted by Crippen LogP contribution is 2.26. The summed E-state index contributed by atoms with van der Waals surface area (Å²) in [6.45, 7) is 3.80. The Balaban J connectivity index is 2.33. The van der Waals surface area contributed by atoms with Crippen LogP contribution in [0.15, 0.2) is 60.8 Å². The van der Waals surface area contributed by atoms with Gasteiger partial charge in [-0.05, 0) is 57.8 Å². The van der Waals surface area contributed by atoms with E-state index < -0.39 is 59.8 Å². The van der Waals surface area contributed by atoms with Gasteiger partial charge < -0.3 is 34.3 Å². The van der Waals surface area contributed by atoms with Gasteiger partial charge in [0.25, 0.3) is 0 Å². The summed E-state index contributed by atoms with van der Waals surface area (Å²) in [6.07, 6.45) is 37.1. The number of rotatable bonds is 38. The van der Waals surface area contributed by atoms with E-state index in [1.54, 1.807) is 0 Å². The largest absolute Gasteiger partial charge is 0.457 e. The first-order valence-electron chi connectivity index (χ1n) is 22.5. The second kappa shape index (κ2) is 37.6. The number of unbranched alkanes of at least 4 members (excludes halogenated alkanes) is 15. The van der Waals surface area contributed by atoms with Crippen molar-refractivity contribution < 1.29 is 56.2 Å². The van der Waals surface area contributed by atoms with Crippen LogP contribution in [0.5, 0.6) is 0 Å². The molecule has 0 aromatic carbocycles. The molecule has 1 rings (SSSR count). The zero-order valence-corrected chi connectivity index (χ0v) is 37.1. The number of aliphatic hydroxyl groups is 3. The number of allylic oxidation sites excluding steroid dienone is 10. The Hall–Kier alpha value is -2.20. The zero-order valence-electron chi connectivity index (χ0n) is 36.3. The molecule has 0 bridgehead atoms. The number of ether oxygens (including phenoxy) is 4. The molecule has 0 amide bonds. The van der Waals surface area contributed by atoms with Gasteiger partial charge in [0.1, 0.15) is 30.5 Å². The van der Waals surface area contributed by atoms with Crippen LogP contribution in [0.25, 0.3) is 0 Å². The maximum Gasteiger partial charge on any atom is 0.397 e. The van der Waals surface area contributed by atoms with E-state index in [1.165, 1.54) is 57.8 Å². The molecular weight excluding hydrogens is 777 g/mol. The fraction of sp³-hybridized carbons (Fsp3) is 0.761. The average Bonchev–Trinajstić information content (AvgIpc) is 3.21. The first-order chi connectivity index (χ1) is 28.6. The van der Waals surface area contributed by atoms with Crippen molar-refractivity contribution in [3.05, 3.63) is 60.8 Å². The van der Waals surface area contributed by atoms with Gasteiger partial charge in [0.15, 0.2) is 6.29 Å². The maximum atomic E-state index is 12.7. The summed E-state index contributed by atoms with van der Waals surface area (Å²) in [5.41, 5.74) is 0. The second-order valence-electron chi connectivity index (χ2n) is 15.3. The number of aliphatic hydroxyl groups excluding tert-OH is 3. The lowest BCUT2D eigenvalue weighted by Gasteiger charge is -2.41. The first-order valence-corrected chi connectivity index (χ1v) is 23.9. The van der Waals surface area contributed by atoms with Crippen LogP contribution in [0.4, 0.5) is 0 Å². The average molecular weight is 857 g/mol. The first kappa shape index (κ1) is 54.8. The van der Waals surface area contributed by atoms with E-state index in [9.17, 15) is 28.5 Å². The predicted octanol–water partition coefficient (Wildman–Crippen LogP) is 9.35. The van der Waals surface area contributed by atoms with Crippen molar-refractivity contribution in [2.45, 2.75) is 198 Å². The van der Waals surface area contributed by atoms with E-state index in [2.05, 4.69) is 78.8 Å². The van der Waals surface area contributed by atoms with Crippen LogP contribution >= 0.6 is 0 Å². The lowest BCUT2D eigenvalue weighted by atomic mass is 9.99. The van der Waals surface area contributed by atoms with Gasteiger partial charge in [0.2, 0.25) is 0 Å². The summed E-state index contributed by atoms with van der Waals surface area (Å²) in [6, 6.07) is 0. The van der Waals surface area contributed by atoms with Crippen LogP contribution < -0.4 is 0 Å². The fourth-order valence-electron chi connectivity index (χ4n) is 6.52. The third-order valence-corrected chi connectivity index (χ3v) is 10.4. The minimum Gasteiger partial charge on any atom is -0.457 e. The van der Waals surface area contributed by atoms with Crippen LogP contribution in [0.1, 0.15) is 162 Å². The smallest absolute Gasteiger partial charge is 0.397 e. The van der Waals surface area contributed by atoms with Gasteiger partial charge in [-0.1, -0.05) is 158 Å². The molecule has 6 atom stereocenters. The molecule has 342 valence electrons. The number of hydrogen-bond donors (Lipinski definition) is 4. The Morgan fingerprint density at radius 2 is 1.17 bits per heavy atom. The normalized spacial score (nSPS) is 20.9. The minimum absolute atomic E-state index is 0.0286. The number of esters is 1. The van der Waals surface area contributed by atoms with E-state index in [1.807, 2.05) is 0 Å². The molecule has 59 heavy (non-hydrogen) atoms. The van der Waals surface area contributed by atoms with Crippen molar-refractivity contribution in [3.8, 4) is 0 Å². The van der Waals surface area contributed by atoms with Gasteiger partial charge in [-0.25, -0.2) is 4.18 Å². The van der Waals surface area contributed by atoms with Crippen molar-refractivity contribution in [3.63, 3.8) is 0 Å². The van der Waals surface area contributed by atoms with E-state index in [0.29, 0.717) is 13.0 Å². The predicted molar refractivity (Wildman–Crippen MR) is 234 cm³/mol. The lowest BCUT2D eigenvalue weighted by Crippen LogP contribution is -2.60. The topological polar surface area (TPSA) is 178 Å².